The van der Waals surface area contributed by atoms with Crippen LogP contribution in [0.4, 0.5) is 0 Å². The first kappa shape index (κ1) is 12.5. The molecule has 3 atom stereocenters. The molecule has 3 N–H and O–H groups in total. The van der Waals surface area contributed by atoms with E-state index in [4.69, 9.17) is 10.5 Å². The second kappa shape index (κ2) is 6.08. The van der Waals surface area contributed by atoms with E-state index in [1.54, 1.807) is 7.11 Å². The maximum atomic E-state index is 11.8. The molecule has 15 heavy (non-hydrogen) atoms. The molecule has 0 aromatic carbocycles. The minimum atomic E-state index is -0.00870. The zero-order chi connectivity index (χ0) is 11.3. The van der Waals surface area contributed by atoms with Crippen LogP contribution in [-0.4, -0.2) is 32.2 Å². The third-order valence-corrected chi connectivity index (χ3v) is 3.24. The summed E-state index contributed by atoms with van der Waals surface area (Å²) >= 11 is 0. The van der Waals surface area contributed by atoms with Crippen LogP contribution in [0.1, 0.15) is 26.2 Å². The molecule has 0 spiro atoms. The molecule has 1 aliphatic carbocycles. The molecule has 4 nitrogen and oxygen atoms in total. The quantitative estimate of drug-likeness (QED) is 0.670. The summed E-state index contributed by atoms with van der Waals surface area (Å²) in [5, 5.41) is 2.86. The van der Waals surface area contributed by atoms with E-state index in [1.165, 1.54) is 0 Å². The van der Waals surface area contributed by atoms with Crippen LogP contribution in [0.3, 0.4) is 0 Å². The lowest BCUT2D eigenvalue weighted by Crippen LogP contribution is -2.47. The number of hydrogen-bond acceptors (Lipinski definition) is 3. The van der Waals surface area contributed by atoms with Crippen molar-refractivity contribution in [3.8, 4) is 0 Å². The van der Waals surface area contributed by atoms with Crippen LogP contribution < -0.4 is 11.1 Å². The molecule has 1 rings (SSSR count). The summed E-state index contributed by atoms with van der Waals surface area (Å²) in [4.78, 5) is 11.8. The number of amides is 1. The summed E-state index contributed by atoms with van der Waals surface area (Å²) in [6, 6.07) is 0.0151. The topological polar surface area (TPSA) is 64.3 Å². The Balaban J connectivity index is 2.37. The van der Waals surface area contributed by atoms with E-state index < -0.39 is 0 Å². The highest BCUT2D eigenvalue weighted by molar-refractivity contribution is 5.79. The van der Waals surface area contributed by atoms with Gasteiger partial charge < -0.3 is 15.8 Å². The number of hydrogen-bond donors (Lipinski definition) is 2. The predicted octanol–water partition coefficient (Wildman–Crippen LogP) is 0.513. The standard InChI is InChI=1S/C11H22N2O2/c1-8-4-3-5-9(10(8)12)11(14)13-6-7-15-2/h8-10H,3-7,12H2,1-2H3,(H,13,14). The molecular formula is C11H22N2O2. The van der Waals surface area contributed by atoms with E-state index in [9.17, 15) is 4.79 Å². The van der Waals surface area contributed by atoms with Gasteiger partial charge in [-0.1, -0.05) is 13.3 Å². The molecule has 88 valence electrons. The smallest absolute Gasteiger partial charge is 0.224 e. The lowest BCUT2D eigenvalue weighted by Gasteiger charge is -2.32. The Morgan fingerprint density at radius 3 is 2.93 bits per heavy atom. The first-order valence-electron chi connectivity index (χ1n) is 5.69. The highest BCUT2D eigenvalue weighted by Gasteiger charge is 2.32. The maximum absolute atomic E-state index is 11.8. The molecule has 0 heterocycles. The Labute approximate surface area is 91.5 Å². The SMILES string of the molecule is COCCNC(=O)C1CCCC(C)C1N. The zero-order valence-electron chi connectivity index (χ0n) is 9.66. The van der Waals surface area contributed by atoms with Crippen LogP contribution in [0.2, 0.25) is 0 Å². The van der Waals surface area contributed by atoms with E-state index in [0.717, 1.165) is 19.3 Å². The van der Waals surface area contributed by atoms with Crippen molar-refractivity contribution in [3.05, 3.63) is 0 Å². The molecule has 1 amide bonds. The lowest BCUT2D eigenvalue weighted by molar-refractivity contribution is -0.127. The average molecular weight is 214 g/mol. The van der Waals surface area contributed by atoms with Gasteiger partial charge in [-0.15, -0.1) is 0 Å². The molecule has 0 saturated heterocycles. The molecule has 0 aliphatic heterocycles. The third kappa shape index (κ3) is 3.47. The molecule has 0 bridgehead atoms. The number of ether oxygens (including phenoxy) is 1. The van der Waals surface area contributed by atoms with E-state index in [2.05, 4.69) is 12.2 Å². The second-order valence-corrected chi connectivity index (χ2v) is 4.38. The van der Waals surface area contributed by atoms with Gasteiger partial charge in [0, 0.05) is 19.7 Å². The fraction of sp³-hybridized carbons (Fsp3) is 0.909. The number of rotatable bonds is 4. The van der Waals surface area contributed by atoms with Gasteiger partial charge in [0.2, 0.25) is 5.91 Å². The normalized spacial score (nSPS) is 31.3. The zero-order valence-corrected chi connectivity index (χ0v) is 9.66. The lowest BCUT2D eigenvalue weighted by atomic mass is 9.78. The van der Waals surface area contributed by atoms with Gasteiger partial charge in [0.15, 0.2) is 0 Å². The first-order chi connectivity index (χ1) is 7.16. The number of carbonyl (C=O) groups is 1. The van der Waals surface area contributed by atoms with Crippen molar-refractivity contribution in [2.45, 2.75) is 32.2 Å². The van der Waals surface area contributed by atoms with Crippen LogP contribution in [0.15, 0.2) is 0 Å². The Morgan fingerprint density at radius 1 is 1.53 bits per heavy atom. The van der Waals surface area contributed by atoms with E-state index in [-0.39, 0.29) is 17.9 Å². The second-order valence-electron chi connectivity index (χ2n) is 4.38. The molecule has 0 aromatic heterocycles. The summed E-state index contributed by atoms with van der Waals surface area (Å²) < 4.78 is 4.88. The first-order valence-corrected chi connectivity index (χ1v) is 5.69. The van der Waals surface area contributed by atoms with Crippen molar-refractivity contribution in [2.75, 3.05) is 20.3 Å². The largest absolute Gasteiger partial charge is 0.383 e. The number of nitrogens with two attached hydrogens (primary N) is 1. The van der Waals surface area contributed by atoms with Crippen LogP contribution in [0.25, 0.3) is 0 Å². The van der Waals surface area contributed by atoms with Crippen molar-refractivity contribution < 1.29 is 9.53 Å². The van der Waals surface area contributed by atoms with Gasteiger partial charge in [-0.25, -0.2) is 0 Å². The third-order valence-electron chi connectivity index (χ3n) is 3.24. The van der Waals surface area contributed by atoms with E-state index >= 15 is 0 Å². The van der Waals surface area contributed by atoms with E-state index in [0.29, 0.717) is 19.1 Å². The molecule has 1 saturated carbocycles. The number of methoxy groups -OCH3 is 1. The van der Waals surface area contributed by atoms with Gasteiger partial charge in [-0.3, -0.25) is 4.79 Å². The number of nitrogens with one attached hydrogen (secondary N) is 1. The summed E-state index contributed by atoms with van der Waals surface area (Å²) in [5.74, 6) is 0.536. The van der Waals surface area contributed by atoms with Gasteiger partial charge in [-0.05, 0) is 18.8 Å². The highest BCUT2D eigenvalue weighted by Crippen LogP contribution is 2.27. The van der Waals surface area contributed by atoms with Crippen molar-refractivity contribution >= 4 is 5.91 Å². The fourth-order valence-corrected chi connectivity index (χ4v) is 2.15. The van der Waals surface area contributed by atoms with Crippen molar-refractivity contribution in [3.63, 3.8) is 0 Å². The summed E-state index contributed by atoms with van der Waals surface area (Å²) in [5.41, 5.74) is 6.04. The van der Waals surface area contributed by atoms with Gasteiger partial charge in [0.25, 0.3) is 0 Å². The summed E-state index contributed by atoms with van der Waals surface area (Å²) in [7, 11) is 1.63. The molecule has 1 fully saturated rings. The monoisotopic (exact) mass is 214 g/mol. The van der Waals surface area contributed by atoms with Gasteiger partial charge in [-0.2, -0.15) is 0 Å². The molecular weight excluding hydrogens is 192 g/mol. The average Bonchev–Trinajstić information content (AvgIpc) is 2.22. The van der Waals surface area contributed by atoms with Crippen molar-refractivity contribution in [1.82, 2.24) is 5.32 Å². The Hall–Kier alpha value is -0.610. The maximum Gasteiger partial charge on any atom is 0.224 e. The summed E-state index contributed by atoms with van der Waals surface area (Å²) in [6.45, 7) is 3.26. The Kier molecular flexibility index (Phi) is 5.05. The van der Waals surface area contributed by atoms with Crippen molar-refractivity contribution in [1.29, 1.82) is 0 Å². The minimum Gasteiger partial charge on any atom is -0.383 e. The number of carbonyl (C=O) groups excluding carboxylic acids is 1. The van der Waals surface area contributed by atoms with Crippen LogP contribution in [-0.2, 0) is 9.53 Å². The fourth-order valence-electron chi connectivity index (χ4n) is 2.15. The van der Waals surface area contributed by atoms with Crippen LogP contribution in [0, 0.1) is 11.8 Å². The summed E-state index contributed by atoms with van der Waals surface area (Å²) in [6.07, 6.45) is 3.17. The molecule has 0 aromatic rings. The molecule has 4 heteroatoms. The van der Waals surface area contributed by atoms with Crippen LogP contribution in [0.5, 0.6) is 0 Å². The predicted molar refractivity (Wildman–Crippen MR) is 59.4 cm³/mol. The molecule has 3 unspecified atom stereocenters. The van der Waals surface area contributed by atoms with Crippen molar-refractivity contribution in [2.24, 2.45) is 17.6 Å². The molecule has 0 radical (unpaired) electrons. The van der Waals surface area contributed by atoms with Crippen LogP contribution >= 0.6 is 0 Å². The Morgan fingerprint density at radius 2 is 2.27 bits per heavy atom. The van der Waals surface area contributed by atoms with Gasteiger partial charge >= 0.3 is 0 Å². The Bertz CT molecular complexity index is 209. The van der Waals surface area contributed by atoms with E-state index in [1.807, 2.05) is 0 Å². The highest BCUT2D eigenvalue weighted by atomic mass is 16.5. The van der Waals surface area contributed by atoms with Gasteiger partial charge in [0.1, 0.15) is 0 Å². The molecule has 1 aliphatic rings. The minimum absolute atomic E-state index is 0.00870. The van der Waals surface area contributed by atoms with Gasteiger partial charge in [0.05, 0.1) is 12.5 Å².